The molecule has 0 aliphatic carbocycles. The lowest BCUT2D eigenvalue weighted by molar-refractivity contribution is 0.579. The SMILES string of the molecule is Cn1cnc(N)c1S(=O)(=O)Nc1c(F)cccc1F. The van der Waals surface area contributed by atoms with Crippen molar-refractivity contribution in [2.45, 2.75) is 5.03 Å². The molecule has 0 saturated carbocycles. The van der Waals surface area contributed by atoms with E-state index in [9.17, 15) is 17.2 Å². The van der Waals surface area contributed by atoms with Gasteiger partial charge in [0.1, 0.15) is 17.3 Å². The van der Waals surface area contributed by atoms with Crippen LogP contribution in [0, 0.1) is 11.6 Å². The van der Waals surface area contributed by atoms with Crippen LogP contribution in [0.2, 0.25) is 0 Å². The lowest BCUT2D eigenvalue weighted by Gasteiger charge is -2.10. The van der Waals surface area contributed by atoms with E-state index in [0.717, 1.165) is 22.8 Å². The van der Waals surface area contributed by atoms with Crippen LogP contribution in [0.5, 0.6) is 0 Å². The van der Waals surface area contributed by atoms with Crippen LogP contribution in [-0.2, 0) is 17.1 Å². The average Bonchev–Trinajstić information content (AvgIpc) is 2.64. The van der Waals surface area contributed by atoms with E-state index in [2.05, 4.69) is 4.98 Å². The average molecular weight is 288 g/mol. The first kappa shape index (κ1) is 13.3. The Morgan fingerprint density at radius 1 is 1.32 bits per heavy atom. The van der Waals surface area contributed by atoms with Gasteiger partial charge in [0.05, 0.1) is 6.33 Å². The predicted octanol–water partition coefficient (Wildman–Crippen LogP) is 1.08. The lowest BCUT2D eigenvalue weighted by Crippen LogP contribution is -2.19. The topological polar surface area (TPSA) is 90.0 Å². The molecule has 9 heteroatoms. The van der Waals surface area contributed by atoms with E-state index >= 15 is 0 Å². The molecule has 0 unspecified atom stereocenters. The number of hydrogen-bond acceptors (Lipinski definition) is 4. The van der Waals surface area contributed by atoms with Gasteiger partial charge in [0, 0.05) is 7.05 Å². The predicted molar refractivity (Wildman–Crippen MR) is 64.8 cm³/mol. The van der Waals surface area contributed by atoms with Crippen LogP contribution >= 0.6 is 0 Å². The number of aromatic nitrogens is 2. The summed E-state index contributed by atoms with van der Waals surface area (Å²) in [5, 5.41) is -0.366. The van der Waals surface area contributed by atoms with Crippen LogP contribution in [0.4, 0.5) is 20.3 Å². The number of halogens is 2. The summed E-state index contributed by atoms with van der Waals surface area (Å²) in [5.74, 6) is -2.31. The number of nitrogens with zero attached hydrogens (tertiary/aromatic N) is 2. The van der Waals surface area contributed by atoms with Crippen LogP contribution < -0.4 is 10.5 Å². The van der Waals surface area contributed by atoms with E-state index in [1.165, 1.54) is 13.4 Å². The molecule has 1 aromatic carbocycles. The monoisotopic (exact) mass is 288 g/mol. The summed E-state index contributed by atoms with van der Waals surface area (Å²) in [4.78, 5) is 3.60. The van der Waals surface area contributed by atoms with Crippen molar-refractivity contribution >= 4 is 21.5 Å². The smallest absolute Gasteiger partial charge is 0.281 e. The lowest BCUT2D eigenvalue weighted by atomic mass is 10.3. The molecule has 0 amide bonds. The Hall–Kier alpha value is -2.16. The van der Waals surface area contributed by atoms with Gasteiger partial charge < -0.3 is 10.3 Å². The maximum atomic E-state index is 13.4. The molecule has 1 aromatic heterocycles. The largest absolute Gasteiger partial charge is 0.381 e. The molecule has 1 heterocycles. The van der Waals surface area contributed by atoms with Crippen molar-refractivity contribution in [1.82, 2.24) is 9.55 Å². The molecule has 0 spiro atoms. The number of nitrogens with two attached hydrogens (primary N) is 1. The molecule has 0 saturated heterocycles. The maximum absolute atomic E-state index is 13.4. The molecule has 0 aliphatic heterocycles. The number of aryl methyl sites for hydroxylation is 1. The molecular formula is C10H10F2N4O2S. The Morgan fingerprint density at radius 2 is 1.89 bits per heavy atom. The molecule has 0 aliphatic rings. The quantitative estimate of drug-likeness (QED) is 0.884. The van der Waals surface area contributed by atoms with Gasteiger partial charge in [-0.25, -0.2) is 13.8 Å². The number of anilines is 2. The van der Waals surface area contributed by atoms with Gasteiger partial charge in [-0.1, -0.05) is 6.07 Å². The number of sulfonamides is 1. The standard InChI is InChI=1S/C10H10F2N4O2S/c1-16-5-14-9(13)10(16)19(17,18)15-8-6(11)3-2-4-7(8)12/h2-5,15H,13H2,1H3. The summed E-state index contributed by atoms with van der Waals surface area (Å²) in [5.41, 5.74) is 4.66. The number of nitrogen functional groups attached to an aromatic ring is 1. The maximum Gasteiger partial charge on any atom is 0.281 e. The molecule has 2 rings (SSSR count). The summed E-state index contributed by atoms with van der Waals surface area (Å²) < 4.78 is 53.8. The summed E-state index contributed by atoms with van der Waals surface area (Å²) in [6.45, 7) is 0. The minimum atomic E-state index is -4.23. The van der Waals surface area contributed by atoms with Gasteiger partial charge in [0.2, 0.25) is 0 Å². The first-order valence-electron chi connectivity index (χ1n) is 5.06. The molecule has 0 fully saturated rings. The second-order valence-electron chi connectivity index (χ2n) is 3.75. The number of hydrogen-bond donors (Lipinski definition) is 2. The van der Waals surface area contributed by atoms with E-state index in [4.69, 9.17) is 5.73 Å². The molecule has 19 heavy (non-hydrogen) atoms. The van der Waals surface area contributed by atoms with Crippen molar-refractivity contribution in [3.05, 3.63) is 36.2 Å². The summed E-state index contributed by atoms with van der Waals surface area (Å²) in [6.07, 6.45) is 1.18. The third-order valence-electron chi connectivity index (χ3n) is 2.36. The van der Waals surface area contributed by atoms with Crippen LogP contribution in [0.1, 0.15) is 0 Å². The van der Waals surface area contributed by atoms with Crippen LogP contribution in [0.15, 0.2) is 29.6 Å². The zero-order valence-electron chi connectivity index (χ0n) is 9.76. The second kappa shape index (κ2) is 4.50. The first-order chi connectivity index (χ1) is 8.83. The van der Waals surface area contributed by atoms with Crippen molar-refractivity contribution in [3.63, 3.8) is 0 Å². The highest BCUT2D eigenvalue weighted by Gasteiger charge is 2.25. The van der Waals surface area contributed by atoms with Crippen molar-refractivity contribution in [2.24, 2.45) is 7.05 Å². The zero-order chi connectivity index (χ0) is 14.2. The zero-order valence-corrected chi connectivity index (χ0v) is 10.6. The molecule has 102 valence electrons. The van der Waals surface area contributed by atoms with Crippen molar-refractivity contribution in [3.8, 4) is 0 Å². The van der Waals surface area contributed by atoms with Crippen molar-refractivity contribution in [2.75, 3.05) is 10.5 Å². The fourth-order valence-electron chi connectivity index (χ4n) is 1.54. The van der Waals surface area contributed by atoms with Gasteiger partial charge in [0.15, 0.2) is 10.8 Å². The number of imidazole rings is 1. The molecule has 2 aromatic rings. The normalized spacial score (nSPS) is 11.5. The molecular weight excluding hydrogens is 278 g/mol. The highest BCUT2D eigenvalue weighted by molar-refractivity contribution is 7.92. The molecule has 6 nitrogen and oxygen atoms in total. The number of rotatable bonds is 3. The Kier molecular flexibility index (Phi) is 3.14. The van der Waals surface area contributed by atoms with E-state index in [1.807, 2.05) is 4.72 Å². The van der Waals surface area contributed by atoms with Crippen LogP contribution in [0.3, 0.4) is 0 Å². The van der Waals surface area contributed by atoms with Crippen molar-refractivity contribution < 1.29 is 17.2 Å². The third-order valence-corrected chi connectivity index (χ3v) is 3.84. The highest BCUT2D eigenvalue weighted by atomic mass is 32.2. The summed E-state index contributed by atoms with van der Waals surface area (Å²) in [6, 6.07) is 3.00. The number of para-hydroxylation sites is 1. The Bertz CT molecular complexity index is 687. The molecule has 0 bridgehead atoms. The van der Waals surface area contributed by atoms with Gasteiger partial charge >= 0.3 is 0 Å². The van der Waals surface area contributed by atoms with E-state index in [1.54, 1.807) is 0 Å². The summed E-state index contributed by atoms with van der Waals surface area (Å²) in [7, 11) is -2.83. The first-order valence-corrected chi connectivity index (χ1v) is 6.55. The second-order valence-corrected chi connectivity index (χ2v) is 5.35. The van der Waals surface area contributed by atoms with Crippen molar-refractivity contribution in [1.29, 1.82) is 0 Å². The summed E-state index contributed by atoms with van der Waals surface area (Å²) >= 11 is 0. The van der Waals surface area contributed by atoms with Gasteiger partial charge in [0.25, 0.3) is 10.0 Å². The number of nitrogens with one attached hydrogen (secondary N) is 1. The Labute approximate surface area is 107 Å². The Balaban J connectivity index is 2.49. The minimum Gasteiger partial charge on any atom is -0.381 e. The third kappa shape index (κ3) is 2.36. The Morgan fingerprint density at radius 3 is 2.37 bits per heavy atom. The van der Waals surface area contributed by atoms with E-state index in [-0.39, 0.29) is 10.8 Å². The van der Waals surface area contributed by atoms with Crippen LogP contribution in [-0.4, -0.2) is 18.0 Å². The number of benzene rings is 1. The van der Waals surface area contributed by atoms with E-state index < -0.39 is 27.3 Å². The minimum absolute atomic E-state index is 0.258. The van der Waals surface area contributed by atoms with Gasteiger partial charge in [-0.2, -0.15) is 8.42 Å². The van der Waals surface area contributed by atoms with E-state index in [0.29, 0.717) is 0 Å². The molecule has 0 atom stereocenters. The van der Waals surface area contributed by atoms with Gasteiger partial charge in [-0.3, -0.25) is 4.72 Å². The van der Waals surface area contributed by atoms with Gasteiger partial charge in [-0.05, 0) is 12.1 Å². The molecule has 3 N–H and O–H groups in total. The van der Waals surface area contributed by atoms with Gasteiger partial charge in [-0.15, -0.1) is 0 Å². The van der Waals surface area contributed by atoms with Crippen LogP contribution in [0.25, 0.3) is 0 Å². The fraction of sp³-hybridized carbons (Fsp3) is 0.100. The highest BCUT2D eigenvalue weighted by Crippen LogP contribution is 2.24. The fourth-order valence-corrected chi connectivity index (χ4v) is 2.86. The molecule has 0 radical (unpaired) electrons.